The van der Waals surface area contributed by atoms with Crippen LogP contribution in [0.4, 0.5) is 0 Å². The van der Waals surface area contributed by atoms with E-state index < -0.39 is 48.2 Å². The summed E-state index contributed by atoms with van der Waals surface area (Å²) >= 11 is 0. The van der Waals surface area contributed by atoms with Crippen molar-refractivity contribution in [3.63, 3.8) is 0 Å². The fourth-order valence-corrected chi connectivity index (χ4v) is 7.54. The highest BCUT2D eigenvalue weighted by Crippen LogP contribution is 2.44. The molecule has 0 saturated heterocycles. The maximum Gasteiger partial charge on any atom is 0.340 e. The number of H-pyrrole nitrogens is 2. The molecule has 0 unspecified atom stereocenters. The van der Waals surface area contributed by atoms with Gasteiger partial charge in [-0.2, -0.15) is 0 Å². The SMILES string of the molecule is C=Cc1c(C)c2cc3nc(c(CC(=O)OC)c4nc(cc5[nH]c(cc1[nH]2)c(C)c5CC)C(C)=C4C(=O)OC)[C@@H](CCC(=O)N[C@@H](CC(=O)OC)C(=O)OC)[C@@H]3C. The first kappa shape index (κ1) is 41.1. The van der Waals surface area contributed by atoms with Crippen molar-refractivity contribution in [2.45, 2.75) is 84.6 Å². The fourth-order valence-electron chi connectivity index (χ4n) is 7.54. The first-order chi connectivity index (χ1) is 26.7. The molecular formula is C42H49N5O9. The Balaban J connectivity index is 1.83. The van der Waals surface area contributed by atoms with Gasteiger partial charge in [-0.1, -0.05) is 26.5 Å². The largest absolute Gasteiger partial charge is 0.469 e. The van der Waals surface area contributed by atoms with E-state index in [0.29, 0.717) is 28.2 Å². The summed E-state index contributed by atoms with van der Waals surface area (Å²) in [5.74, 6) is -4.01. The molecule has 0 aromatic carbocycles. The number of esters is 4. The van der Waals surface area contributed by atoms with Gasteiger partial charge in [0.1, 0.15) is 6.04 Å². The van der Waals surface area contributed by atoms with Gasteiger partial charge in [0, 0.05) is 57.1 Å². The Morgan fingerprint density at radius 1 is 0.857 bits per heavy atom. The van der Waals surface area contributed by atoms with E-state index >= 15 is 0 Å². The Labute approximate surface area is 325 Å². The minimum Gasteiger partial charge on any atom is -0.469 e. The van der Waals surface area contributed by atoms with E-state index in [9.17, 15) is 24.0 Å². The predicted molar refractivity (Wildman–Crippen MR) is 211 cm³/mol. The quantitative estimate of drug-likeness (QED) is 0.148. The normalized spacial score (nSPS) is 15.5. The molecule has 0 saturated carbocycles. The number of fused-ring (bicyclic) bond motifs is 8. The molecule has 0 fully saturated rings. The third-order valence-electron chi connectivity index (χ3n) is 10.8. The lowest BCUT2D eigenvalue weighted by Gasteiger charge is -2.20. The third-order valence-corrected chi connectivity index (χ3v) is 10.8. The number of amides is 1. The van der Waals surface area contributed by atoms with Gasteiger partial charge in [-0.3, -0.25) is 19.4 Å². The number of rotatable bonds is 12. The molecule has 3 aromatic rings. The molecule has 2 aliphatic heterocycles. The Morgan fingerprint density at radius 2 is 1.54 bits per heavy atom. The molecule has 14 heteroatoms. The van der Waals surface area contributed by atoms with Crippen molar-refractivity contribution in [1.82, 2.24) is 25.3 Å². The first-order valence-electron chi connectivity index (χ1n) is 18.4. The van der Waals surface area contributed by atoms with E-state index in [4.69, 9.17) is 28.9 Å². The molecular weight excluding hydrogens is 718 g/mol. The summed E-state index contributed by atoms with van der Waals surface area (Å²) in [5, 5.41) is 2.60. The van der Waals surface area contributed by atoms with E-state index in [-0.39, 0.29) is 36.4 Å². The van der Waals surface area contributed by atoms with Crippen LogP contribution in [0, 0.1) is 13.8 Å². The number of aromatic amines is 2. The average Bonchev–Trinajstić information content (AvgIpc) is 3.87. The van der Waals surface area contributed by atoms with Crippen LogP contribution in [-0.4, -0.2) is 84.2 Å². The van der Waals surface area contributed by atoms with Gasteiger partial charge in [-0.25, -0.2) is 14.6 Å². The second-order valence-electron chi connectivity index (χ2n) is 13.9. The van der Waals surface area contributed by atoms with Gasteiger partial charge in [-0.15, -0.1) is 0 Å². The number of ether oxygens (including phenoxy) is 4. The lowest BCUT2D eigenvalue weighted by atomic mass is 9.84. The molecule has 296 valence electrons. The molecule has 5 rings (SSSR count). The number of allylic oxidation sites excluding steroid dienone is 1. The van der Waals surface area contributed by atoms with Gasteiger partial charge in [-0.05, 0) is 74.1 Å². The summed E-state index contributed by atoms with van der Waals surface area (Å²) < 4.78 is 19.9. The van der Waals surface area contributed by atoms with Gasteiger partial charge in [0.05, 0.1) is 63.9 Å². The number of nitrogens with zero attached hydrogens (tertiary/aromatic N) is 2. The van der Waals surface area contributed by atoms with Crippen LogP contribution in [0.3, 0.4) is 0 Å². The molecule has 0 aliphatic carbocycles. The van der Waals surface area contributed by atoms with Gasteiger partial charge < -0.3 is 34.2 Å². The zero-order valence-electron chi connectivity index (χ0n) is 33.4. The predicted octanol–water partition coefficient (Wildman–Crippen LogP) is 5.84. The van der Waals surface area contributed by atoms with Crippen LogP contribution < -0.4 is 5.32 Å². The lowest BCUT2D eigenvalue weighted by molar-refractivity contribution is -0.150. The Morgan fingerprint density at radius 3 is 2.16 bits per heavy atom. The Kier molecular flexibility index (Phi) is 12.6. The smallest absolute Gasteiger partial charge is 0.340 e. The van der Waals surface area contributed by atoms with Crippen LogP contribution >= 0.6 is 0 Å². The summed E-state index contributed by atoms with van der Waals surface area (Å²) in [4.78, 5) is 82.0. The standard InChI is InChI=1S/C42H49N5O9/c1-11-24-20(3)28-16-30-22(5)26(13-14-35(48)45-34(41(51)55-9)19-37(50)54-8)39(46-30)27(15-36(49)53-7)40-38(42(52)56-10)23(6)31(47-40)18-33-25(12-2)21(4)29(44-33)17-32(24)43-28/h11,16-18,22,26,34,43-44H,1,12-15,19H2,2-10H3,(H,45,48)/t22-,26-,34-/m0/s1. The number of hydrogen-bond donors (Lipinski definition) is 3. The van der Waals surface area contributed by atoms with Crippen molar-refractivity contribution < 1.29 is 42.9 Å². The van der Waals surface area contributed by atoms with Crippen molar-refractivity contribution >= 4 is 69.1 Å². The number of nitrogens with one attached hydrogen (secondary N) is 3. The average molecular weight is 768 g/mol. The summed E-state index contributed by atoms with van der Waals surface area (Å²) in [6.45, 7) is 14.0. The van der Waals surface area contributed by atoms with Crippen molar-refractivity contribution in [2.75, 3.05) is 28.4 Å². The molecule has 14 nitrogen and oxygen atoms in total. The molecule has 5 heterocycles. The van der Waals surface area contributed by atoms with Crippen LogP contribution in [0.2, 0.25) is 0 Å². The maximum absolute atomic E-state index is 13.6. The van der Waals surface area contributed by atoms with Crippen molar-refractivity contribution in [2.24, 2.45) is 0 Å². The zero-order valence-corrected chi connectivity index (χ0v) is 33.4. The van der Waals surface area contributed by atoms with Crippen molar-refractivity contribution in [3.05, 3.63) is 75.4 Å². The zero-order chi connectivity index (χ0) is 41.0. The highest BCUT2D eigenvalue weighted by Gasteiger charge is 2.36. The molecule has 1 amide bonds. The number of carbonyl (C=O) groups is 5. The highest BCUT2D eigenvalue weighted by molar-refractivity contribution is 6.25. The molecule has 0 radical (unpaired) electrons. The number of carbonyl (C=O) groups excluding carboxylic acids is 5. The monoisotopic (exact) mass is 767 g/mol. The third kappa shape index (κ3) is 8.00. The number of aromatic nitrogens is 4. The van der Waals surface area contributed by atoms with E-state index in [1.165, 1.54) is 21.3 Å². The molecule has 3 N–H and O–H groups in total. The van der Waals surface area contributed by atoms with Crippen LogP contribution in [0.25, 0.3) is 39.3 Å². The first-order valence-corrected chi connectivity index (χ1v) is 18.4. The van der Waals surface area contributed by atoms with Gasteiger partial charge in [0.25, 0.3) is 0 Å². The van der Waals surface area contributed by atoms with Crippen molar-refractivity contribution in [3.8, 4) is 0 Å². The van der Waals surface area contributed by atoms with E-state index in [2.05, 4.69) is 41.8 Å². The topological polar surface area (TPSA) is 192 Å². The summed E-state index contributed by atoms with van der Waals surface area (Å²) in [6.07, 6.45) is 1.96. The Bertz CT molecular complexity index is 2320. The van der Waals surface area contributed by atoms with E-state index in [0.717, 1.165) is 57.9 Å². The molecule has 8 bridgehead atoms. The second kappa shape index (κ2) is 17.2. The van der Waals surface area contributed by atoms with Gasteiger partial charge >= 0.3 is 23.9 Å². The molecule has 2 aliphatic rings. The van der Waals surface area contributed by atoms with Crippen molar-refractivity contribution in [1.29, 1.82) is 0 Å². The van der Waals surface area contributed by atoms with E-state index in [1.807, 2.05) is 32.1 Å². The maximum atomic E-state index is 13.6. The number of aryl methyl sites for hydroxylation is 3. The van der Waals surface area contributed by atoms with E-state index in [1.54, 1.807) is 6.92 Å². The van der Waals surface area contributed by atoms with Crippen LogP contribution in [0.1, 0.15) is 102 Å². The fraction of sp³-hybridized carbons (Fsp3) is 0.405. The minimum absolute atomic E-state index is 0.0901. The van der Waals surface area contributed by atoms with Crippen LogP contribution in [-0.2, 0) is 55.8 Å². The summed E-state index contributed by atoms with van der Waals surface area (Å²) in [7, 11) is 4.90. The molecule has 3 atom stereocenters. The second-order valence-corrected chi connectivity index (χ2v) is 13.9. The molecule has 56 heavy (non-hydrogen) atoms. The van der Waals surface area contributed by atoms with Crippen LogP contribution in [0.15, 0.2) is 24.8 Å². The summed E-state index contributed by atoms with van der Waals surface area (Å²) in [6, 6.07) is 4.65. The molecule has 0 spiro atoms. The Hall–Kier alpha value is -6.05. The van der Waals surface area contributed by atoms with Crippen LogP contribution in [0.5, 0.6) is 0 Å². The number of hydrogen-bond acceptors (Lipinski definition) is 11. The van der Waals surface area contributed by atoms with Gasteiger partial charge in [0.15, 0.2) is 0 Å². The highest BCUT2D eigenvalue weighted by atomic mass is 16.5. The number of methoxy groups -OCH3 is 4. The summed E-state index contributed by atoms with van der Waals surface area (Å²) in [5.41, 5.74) is 10.3. The molecule has 3 aromatic heterocycles. The minimum atomic E-state index is -1.25. The van der Waals surface area contributed by atoms with Gasteiger partial charge in [0.2, 0.25) is 5.91 Å². The lowest BCUT2D eigenvalue weighted by Crippen LogP contribution is -2.43.